The molecule has 0 amide bonds. The molecule has 0 saturated carbocycles. The third kappa shape index (κ3) is 4.21. The number of hydrogen-bond acceptors (Lipinski definition) is 4. The summed E-state index contributed by atoms with van der Waals surface area (Å²) < 4.78 is 23.4. The fourth-order valence-electron chi connectivity index (χ4n) is 1.84. The number of anilines is 1. The summed E-state index contributed by atoms with van der Waals surface area (Å²) in [5, 5.41) is 12.4. The molecular weight excluding hydrogens is 262 g/mol. The van der Waals surface area contributed by atoms with Gasteiger partial charge in [0.05, 0.1) is 10.6 Å². The van der Waals surface area contributed by atoms with Gasteiger partial charge in [-0.15, -0.1) is 0 Å². The zero-order chi connectivity index (χ0) is 14.5. The highest BCUT2D eigenvalue weighted by molar-refractivity contribution is 7.91. The monoisotopic (exact) mass is 285 g/mol. The van der Waals surface area contributed by atoms with Crippen LogP contribution in [0.4, 0.5) is 5.69 Å². The molecule has 5 heteroatoms. The van der Waals surface area contributed by atoms with Gasteiger partial charge in [-0.3, -0.25) is 0 Å². The Morgan fingerprint density at radius 2 is 1.79 bits per heavy atom. The lowest BCUT2D eigenvalue weighted by Crippen LogP contribution is -2.34. The lowest BCUT2D eigenvalue weighted by molar-refractivity contribution is 0.252. The molecule has 0 saturated heterocycles. The molecule has 0 radical (unpaired) electrons. The third-order valence-corrected chi connectivity index (χ3v) is 5.23. The van der Waals surface area contributed by atoms with Crippen molar-refractivity contribution in [3.8, 4) is 0 Å². The lowest BCUT2D eigenvalue weighted by atomic mass is 9.94. The Balaban J connectivity index is 2.88. The molecule has 1 aromatic carbocycles. The van der Waals surface area contributed by atoms with Crippen molar-refractivity contribution in [2.45, 2.75) is 44.0 Å². The van der Waals surface area contributed by atoms with Crippen molar-refractivity contribution >= 4 is 15.5 Å². The van der Waals surface area contributed by atoms with Crippen LogP contribution in [-0.2, 0) is 9.84 Å². The summed E-state index contributed by atoms with van der Waals surface area (Å²) in [5.41, 5.74) is 0.688. The third-order valence-electron chi connectivity index (χ3n) is 3.48. The maximum atomic E-state index is 11.7. The maximum Gasteiger partial charge on any atom is 0.178 e. The SMILES string of the molecule is CCC(C)(CCO)Nc1ccc(S(=O)(=O)CC)cc1. The van der Waals surface area contributed by atoms with Gasteiger partial charge >= 0.3 is 0 Å². The molecule has 1 atom stereocenters. The molecule has 19 heavy (non-hydrogen) atoms. The topological polar surface area (TPSA) is 66.4 Å². The first-order valence-electron chi connectivity index (χ1n) is 6.59. The Hall–Kier alpha value is -1.07. The van der Waals surface area contributed by atoms with Gasteiger partial charge in [-0.1, -0.05) is 13.8 Å². The molecule has 1 unspecified atom stereocenters. The van der Waals surface area contributed by atoms with E-state index < -0.39 is 9.84 Å². The minimum absolute atomic E-state index is 0.108. The van der Waals surface area contributed by atoms with Crippen molar-refractivity contribution in [3.63, 3.8) is 0 Å². The number of nitrogens with one attached hydrogen (secondary N) is 1. The zero-order valence-electron chi connectivity index (χ0n) is 11.8. The highest BCUT2D eigenvalue weighted by Gasteiger charge is 2.21. The Bertz CT molecular complexity index is 496. The van der Waals surface area contributed by atoms with Crippen LogP contribution in [0.1, 0.15) is 33.6 Å². The van der Waals surface area contributed by atoms with Crippen molar-refractivity contribution in [2.75, 3.05) is 17.7 Å². The average Bonchev–Trinajstić information content (AvgIpc) is 2.39. The molecule has 0 heterocycles. The van der Waals surface area contributed by atoms with Crippen molar-refractivity contribution in [3.05, 3.63) is 24.3 Å². The molecule has 4 nitrogen and oxygen atoms in total. The summed E-state index contributed by atoms with van der Waals surface area (Å²) in [6.07, 6.45) is 1.53. The standard InChI is InChI=1S/C14H23NO3S/c1-4-14(3,10-11-16)15-12-6-8-13(9-7-12)19(17,18)5-2/h6-9,15-16H,4-5,10-11H2,1-3H3. The fraction of sp³-hybridized carbons (Fsp3) is 0.571. The Kier molecular flexibility index (Phi) is 5.38. The fourth-order valence-corrected chi connectivity index (χ4v) is 2.72. The number of hydrogen-bond donors (Lipinski definition) is 2. The highest BCUT2D eigenvalue weighted by Crippen LogP contribution is 2.23. The van der Waals surface area contributed by atoms with Crippen LogP contribution in [0, 0.1) is 0 Å². The number of aliphatic hydroxyl groups excluding tert-OH is 1. The van der Waals surface area contributed by atoms with Crippen LogP contribution in [0.25, 0.3) is 0 Å². The van der Waals surface area contributed by atoms with E-state index in [1.165, 1.54) is 0 Å². The molecular formula is C14H23NO3S. The summed E-state index contributed by atoms with van der Waals surface area (Å²) in [5.74, 6) is 0.108. The largest absolute Gasteiger partial charge is 0.396 e. The smallest absolute Gasteiger partial charge is 0.178 e. The van der Waals surface area contributed by atoms with Gasteiger partial charge in [0.25, 0.3) is 0 Å². The summed E-state index contributed by atoms with van der Waals surface area (Å²) in [6, 6.07) is 6.79. The van der Waals surface area contributed by atoms with E-state index in [-0.39, 0.29) is 17.9 Å². The maximum absolute atomic E-state index is 11.7. The second kappa shape index (κ2) is 6.39. The first-order valence-corrected chi connectivity index (χ1v) is 8.24. The van der Waals surface area contributed by atoms with Gasteiger partial charge in [0.1, 0.15) is 0 Å². The van der Waals surface area contributed by atoms with Gasteiger partial charge in [-0.05, 0) is 44.0 Å². The van der Waals surface area contributed by atoms with Gasteiger partial charge in [-0.2, -0.15) is 0 Å². The summed E-state index contributed by atoms with van der Waals surface area (Å²) in [7, 11) is -3.14. The number of benzene rings is 1. The predicted octanol–water partition coefficient (Wildman–Crippen LogP) is 2.44. The second-order valence-electron chi connectivity index (χ2n) is 4.94. The Morgan fingerprint density at radius 3 is 2.21 bits per heavy atom. The molecule has 0 aliphatic heterocycles. The van der Waals surface area contributed by atoms with E-state index in [2.05, 4.69) is 12.2 Å². The summed E-state index contributed by atoms with van der Waals surface area (Å²) >= 11 is 0. The molecule has 0 aliphatic rings. The zero-order valence-corrected chi connectivity index (χ0v) is 12.6. The van der Waals surface area contributed by atoms with Gasteiger partial charge in [0, 0.05) is 17.8 Å². The van der Waals surface area contributed by atoms with Crippen molar-refractivity contribution < 1.29 is 13.5 Å². The average molecular weight is 285 g/mol. The molecule has 1 aromatic rings. The minimum Gasteiger partial charge on any atom is -0.396 e. The van der Waals surface area contributed by atoms with Crippen LogP contribution in [-0.4, -0.2) is 31.4 Å². The number of sulfone groups is 1. The van der Waals surface area contributed by atoms with Crippen molar-refractivity contribution in [1.29, 1.82) is 0 Å². The number of aliphatic hydroxyl groups is 1. The van der Waals surface area contributed by atoms with Crippen LogP contribution in [0.3, 0.4) is 0 Å². The van der Waals surface area contributed by atoms with E-state index in [1.807, 2.05) is 6.92 Å². The summed E-state index contributed by atoms with van der Waals surface area (Å²) in [4.78, 5) is 0.348. The Morgan fingerprint density at radius 1 is 1.21 bits per heavy atom. The van der Waals surface area contributed by atoms with Crippen LogP contribution in [0.5, 0.6) is 0 Å². The van der Waals surface area contributed by atoms with E-state index in [4.69, 9.17) is 5.11 Å². The van der Waals surface area contributed by atoms with Gasteiger partial charge in [-0.25, -0.2) is 8.42 Å². The van der Waals surface area contributed by atoms with Crippen LogP contribution >= 0.6 is 0 Å². The van der Waals surface area contributed by atoms with Gasteiger partial charge in [0.2, 0.25) is 0 Å². The first kappa shape index (κ1) is 16.0. The molecule has 0 spiro atoms. The molecule has 0 bridgehead atoms. The van der Waals surface area contributed by atoms with Gasteiger partial charge < -0.3 is 10.4 Å². The Labute approximate surface area is 115 Å². The van der Waals surface area contributed by atoms with E-state index in [0.717, 1.165) is 12.1 Å². The van der Waals surface area contributed by atoms with Gasteiger partial charge in [0.15, 0.2) is 9.84 Å². The van der Waals surface area contributed by atoms with Crippen molar-refractivity contribution in [1.82, 2.24) is 0 Å². The van der Waals surface area contributed by atoms with Crippen LogP contribution in [0.15, 0.2) is 29.2 Å². The molecule has 0 fully saturated rings. The molecule has 2 N–H and O–H groups in total. The molecule has 108 valence electrons. The number of rotatable bonds is 7. The highest BCUT2D eigenvalue weighted by atomic mass is 32.2. The first-order chi connectivity index (χ1) is 8.87. The van der Waals surface area contributed by atoms with Crippen LogP contribution < -0.4 is 5.32 Å². The second-order valence-corrected chi connectivity index (χ2v) is 7.22. The predicted molar refractivity (Wildman–Crippen MR) is 78.2 cm³/mol. The van der Waals surface area contributed by atoms with E-state index in [1.54, 1.807) is 31.2 Å². The summed E-state index contributed by atoms with van der Waals surface area (Å²) in [6.45, 7) is 5.86. The van der Waals surface area contributed by atoms with E-state index >= 15 is 0 Å². The van der Waals surface area contributed by atoms with Crippen molar-refractivity contribution in [2.24, 2.45) is 0 Å². The normalized spacial score (nSPS) is 14.9. The van der Waals surface area contributed by atoms with Crippen LogP contribution in [0.2, 0.25) is 0 Å². The van der Waals surface area contributed by atoms with E-state index in [9.17, 15) is 8.42 Å². The lowest BCUT2D eigenvalue weighted by Gasteiger charge is -2.30. The molecule has 0 aliphatic carbocycles. The molecule has 1 rings (SSSR count). The minimum atomic E-state index is -3.14. The molecule has 0 aromatic heterocycles. The van der Waals surface area contributed by atoms with E-state index in [0.29, 0.717) is 11.3 Å². The quantitative estimate of drug-likeness (QED) is 0.807.